The summed E-state index contributed by atoms with van der Waals surface area (Å²) < 4.78 is 43.0. The van der Waals surface area contributed by atoms with Crippen molar-refractivity contribution in [3.8, 4) is 5.88 Å². The van der Waals surface area contributed by atoms with Gasteiger partial charge in [-0.15, -0.1) is 9.32 Å². The fourth-order valence-electron chi connectivity index (χ4n) is 2.32. The number of esters is 1. The van der Waals surface area contributed by atoms with Crippen molar-refractivity contribution in [2.45, 2.75) is 18.4 Å². The maximum atomic E-state index is 12.8. The third-order valence-corrected chi connectivity index (χ3v) is 5.13. The first-order valence-corrected chi connectivity index (χ1v) is 11.3. The molecule has 0 aliphatic carbocycles. The first kappa shape index (κ1) is 29.1. The summed E-state index contributed by atoms with van der Waals surface area (Å²) >= 11 is 0.945. The van der Waals surface area contributed by atoms with E-state index in [9.17, 15) is 18.0 Å². The minimum atomic E-state index is -4.63. The van der Waals surface area contributed by atoms with Gasteiger partial charge in [-0.05, 0) is 24.6 Å². The van der Waals surface area contributed by atoms with Gasteiger partial charge in [0.25, 0.3) is 0 Å². The Morgan fingerprint density at radius 1 is 1.18 bits per heavy atom. The van der Waals surface area contributed by atoms with Crippen LogP contribution in [0.2, 0.25) is 0 Å². The Labute approximate surface area is 216 Å². The Bertz CT molecular complexity index is 1090. The largest absolute Gasteiger partial charge is 1.00 e. The van der Waals surface area contributed by atoms with Gasteiger partial charge in [-0.1, -0.05) is 6.07 Å². The zero-order valence-corrected chi connectivity index (χ0v) is 22.1. The summed E-state index contributed by atoms with van der Waals surface area (Å²) in [5.74, 6) is -0.966. The molecule has 33 heavy (non-hydrogen) atoms. The molecule has 0 aliphatic rings. The molecule has 0 fully saturated rings. The molecule has 2 aromatic rings. The van der Waals surface area contributed by atoms with Crippen LogP contribution in [0.4, 0.5) is 10.7 Å². The molecule has 0 saturated heterocycles. The summed E-state index contributed by atoms with van der Waals surface area (Å²) in [5.41, 5.74) is 3.00. The summed E-state index contributed by atoms with van der Waals surface area (Å²) in [6.07, 6.45) is 1.63. The summed E-state index contributed by atoms with van der Waals surface area (Å²) in [6, 6.07) is 4.09. The van der Waals surface area contributed by atoms with Gasteiger partial charge in [-0.2, -0.15) is 10.5 Å². The van der Waals surface area contributed by atoms with Gasteiger partial charge in [0.2, 0.25) is 15.9 Å². The van der Waals surface area contributed by atoms with Crippen molar-refractivity contribution in [3.05, 3.63) is 45.8 Å². The Kier molecular flexibility index (Phi) is 12.0. The standard InChI is InChI=1S/C17H21N5O8S2.Na/c1-10-7-14(27-2)20-16(19-10)21-17(24)22-32(25,26)13-8-11(9-18-29-30-31-4)5-6-12(13)15(23)28-3;/h5-8,18H,9H2,1-4H3,(H2,19,20,21,22,24);/q;+1/p-1. The molecule has 1 heterocycles. The second kappa shape index (κ2) is 13.7. The number of hydrogen-bond acceptors (Lipinski definition) is 12. The van der Waals surface area contributed by atoms with E-state index in [4.69, 9.17) is 4.74 Å². The van der Waals surface area contributed by atoms with Gasteiger partial charge in [0.15, 0.2) is 6.03 Å². The van der Waals surface area contributed by atoms with Crippen LogP contribution >= 0.6 is 12.0 Å². The van der Waals surface area contributed by atoms with E-state index in [-0.39, 0.29) is 53.5 Å². The van der Waals surface area contributed by atoms with Crippen molar-refractivity contribution < 1.29 is 66.4 Å². The molecule has 0 spiro atoms. The van der Waals surface area contributed by atoms with Crippen molar-refractivity contribution in [3.63, 3.8) is 0 Å². The van der Waals surface area contributed by atoms with Gasteiger partial charge < -0.3 is 19.5 Å². The van der Waals surface area contributed by atoms with E-state index in [0.29, 0.717) is 11.3 Å². The minimum absolute atomic E-state index is 0. The first-order chi connectivity index (χ1) is 15.2. The van der Waals surface area contributed by atoms with Crippen LogP contribution < -0.4 is 45.1 Å². The third-order valence-electron chi connectivity index (χ3n) is 3.63. The number of nitrogens with zero attached hydrogens (tertiary/aromatic N) is 3. The van der Waals surface area contributed by atoms with Gasteiger partial charge in [-0.25, -0.2) is 18.2 Å². The number of ether oxygens (including phenoxy) is 2. The molecule has 0 saturated carbocycles. The van der Waals surface area contributed by atoms with Gasteiger partial charge in [0, 0.05) is 36.6 Å². The number of hydroxylamine groups is 1. The van der Waals surface area contributed by atoms with Gasteiger partial charge in [0.1, 0.15) is 5.95 Å². The van der Waals surface area contributed by atoms with Crippen LogP contribution in [0.25, 0.3) is 4.72 Å². The molecule has 2 rings (SSSR count). The van der Waals surface area contributed by atoms with Crippen molar-refractivity contribution in [1.82, 2.24) is 15.4 Å². The maximum Gasteiger partial charge on any atom is 1.00 e. The number of aromatic nitrogens is 2. The van der Waals surface area contributed by atoms with E-state index in [1.54, 1.807) is 13.2 Å². The number of nitrogens with one attached hydrogen (secondary N) is 2. The number of amides is 2. The number of rotatable bonds is 10. The molecular formula is C17H20N5NaO8S2. The predicted molar refractivity (Wildman–Crippen MR) is 113 cm³/mol. The van der Waals surface area contributed by atoms with Crippen molar-refractivity contribution in [2.75, 3.05) is 25.8 Å². The molecule has 0 unspecified atom stereocenters. The normalized spacial score (nSPS) is 10.7. The Morgan fingerprint density at radius 3 is 2.55 bits per heavy atom. The minimum Gasteiger partial charge on any atom is -0.481 e. The Hall–Kier alpha value is -1.98. The smallest absolute Gasteiger partial charge is 0.481 e. The van der Waals surface area contributed by atoms with Crippen molar-refractivity contribution in [2.24, 2.45) is 0 Å². The number of urea groups is 1. The van der Waals surface area contributed by atoms with Crippen LogP contribution in [0.15, 0.2) is 29.2 Å². The van der Waals surface area contributed by atoms with Crippen LogP contribution in [0.5, 0.6) is 5.88 Å². The third kappa shape index (κ3) is 8.71. The zero-order chi connectivity index (χ0) is 23.7. The molecule has 0 atom stereocenters. The predicted octanol–water partition coefficient (Wildman–Crippen LogP) is -0.890. The quantitative estimate of drug-likeness (QED) is 0.101. The fourth-order valence-corrected chi connectivity index (χ4v) is 3.52. The summed E-state index contributed by atoms with van der Waals surface area (Å²) in [7, 11) is -2.16. The summed E-state index contributed by atoms with van der Waals surface area (Å²) in [4.78, 5) is 36.2. The molecule has 1 aromatic heterocycles. The van der Waals surface area contributed by atoms with E-state index < -0.39 is 26.9 Å². The number of carbonyl (C=O) groups is 2. The summed E-state index contributed by atoms with van der Waals surface area (Å²) in [5, 5.41) is 2.15. The average molecular weight is 509 g/mol. The number of benzene rings is 1. The molecule has 2 N–H and O–H groups in total. The van der Waals surface area contributed by atoms with E-state index in [1.165, 1.54) is 25.3 Å². The van der Waals surface area contributed by atoms with Crippen molar-refractivity contribution in [1.29, 1.82) is 0 Å². The van der Waals surface area contributed by atoms with Gasteiger partial charge >= 0.3 is 35.5 Å². The number of aryl methyl sites for hydroxylation is 1. The van der Waals surface area contributed by atoms with Crippen LogP contribution in [0.1, 0.15) is 21.6 Å². The first-order valence-electron chi connectivity index (χ1n) is 8.69. The molecule has 174 valence electrons. The van der Waals surface area contributed by atoms with Gasteiger partial charge in [0.05, 0.1) is 24.7 Å². The molecule has 0 aliphatic heterocycles. The van der Waals surface area contributed by atoms with E-state index in [2.05, 4.69) is 39.5 Å². The fraction of sp³-hybridized carbons (Fsp3) is 0.294. The molecule has 1 aromatic carbocycles. The Balaban J connectivity index is 0.00000544. The average Bonchev–Trinajstić information content (AvgIpc) is 2.75. The monoisotopic (exact) mass is 509 g/mol. The second-order valence-corrected chi connectivity index (χ2v) is 7.87. The molecule has 0 bridgehead atoms. The topological polar surface area (TPSA) is 169 Å². The summed E-state index contributed by atoms with van der Waals surface area (Å²) in [6.45, 7) is 1.65. The van der Waals surface area contributed by atoms with E-state index >= 15 is 0 Å². The maximum absolute atomic E-state index is 12.8. The van der Waals surface area contributed by atoms with Crippen LogP contribution in [-0.4, -0.2) is 50.9 Å². The van der Waals surface area contributed by atoms with E-state index in [1.807, 2.05) is 0 Å². The van der Waals surface area contributed by atoms with E-state index in [0.717, 1.165) is 25.2 Å². The van der Waals surface area contributed by atoms with Crippen LogP contribution in [0.3, 0.4) is 0 Å². The molecule has 13 nitrogen and oxygen atoms in total. The van der Waals surface area contributed by atoms with Crippen LogP contribution in [0, 0.1) is 6.92 Å². The number of hydrogen-bond donors (Lipinski definition) is 2. The number of sulfonamides is 1. The van der Waals surface area contributed by atoms with Gasteiger partial charge in [-0.3, -0.25) is 4.79 Å². The zero-order valence-electron chi connectivity index (χ0n) is 18.4. The molecule has 0 radical (unpaired) electrons. The molecular weight excluding hydrogens is 489 g/mol. The second-order valence-electron chi connectivity index (χ2n) is 5.83. The number of methoxy groups -OCH3 is 2. The molecule has 16 heteroatoms. The Morgan fingerprint density at radius 2 is 1.91 bits per heavy atom. The van der Waals surface area contributed by atoms with Crippen LogP contribution in [-0.2, 0) is 30.6 Å². The number of anilines is 1. The SMILES string of the molecule is COC(=O)c1ccc(CNOOSC)cc1S(=O)(=O)[N-]C(=O)Nc1nc(C)cc(OC)n1.[Na+]. The molecule has 2 amide bonds. The van der Waals surface area contributed by atoms with Crippen molar-refractivity contribution >= 4 is 40.0 Å². The number of carbonyl (C=O) groups excluding carboxylic acids is 2.